The minimum atomic E-state index is -0.343. The first-order chi connectivity index (χ1) is 9.28. The number of nitrogens with one attached hydrogen (secondary N) is 1. The highest BCUT2D eigenvalue weighted by Crippen LogP contribution is 2.26. The lowest BCUT2D eigenvalue weighted by molar-refractivity contribution is 0.338. The number of aromatic amines is 1. The van der Waals surface area contributed by atoms with Crippen molar-refractivity contribution in [3.8, 4) is 17.1 Å². The van der Waals surface area contributed by atoms with Crippen LogP contribution in [0.3, 0.4) is 0 Å². The van der Waals surface area contributed by atoms with Crippen molar-refractivity contribution >= 4 is 11.0 Å². The number of para-hydroxylation sites is 2. The molecule has 1 heterocycles. The van der Waals surface area contributed by atoms with E-state index < -0.39 is 0 Å². The molecule has 0 bridgehead atoms. The molecule has 0 saturated carbocycles. The first-order valence-corrected chi connectivity index (χ1v) is 6.15. The number of aromatic nitrogens is 2. The van der Waals surface area contributed by atoms with Crippen molar-refractivity contribution in [1.29, 1.82) is 0 Å². The number of halogens is 1. The van der Waals surface area contributed by atoms with Crippen molar-refractivity contribution < 1.29 is 9.13 Å². The van der Waals surface area contributed by atoms with E-state index in [9.17, 15) is 4.39 Å². The van der Waals surface area contributed by atoms with Gasteiger partial charge in [0.1, 0.15) is 17.4 Å². The number of ether oxygens (including phenoxy) is 1. The second kappa shape index (κ2) is 4.72. The molecule has 0 fully saturated rings. The molecule has 96 valence electrons. The van der Waals surface area contributed by atoms with Gasteiger partial charge >= 0.3 is 0 Å². The van der Waals surface area contributed by atoms with Gasteiger partial charge in [0.25, 0.3) is 0 Å². The van der Waals surface area contributed by atoms with E-state index in [1.54, 1.807) is 12.1 Å². The van der Waals surface area contributed by atoms with Crippen molar-refractivity contribution in [2.24, 2.45) is 0 Å². The second-order valence-corrected chi connectivity index (χ2v) is 4.18. The van der Waals surface area contributed by atoms with Gasteiger partial charge in [-0.25, -0.2) is 9.37 Å². The Labute approximate surface area is 110 Å². The van der Waals surface area contributed by atoms with Crippen LogP contribution in [-0.2, 0) is 0 Å². The van der Waals surface area contributed by atoms with Crippen molar-refractivity contribution in [1.82, 2.24) is 9.97 Å². The fraction of sp³-hybridized carbons (Fsp3) is 0.133. The third kappa shape index (κ3) is 2.17. The lowest BCUT2D eigenvalue weighted by Gasteiger charge is -2.04. The van der Waals surface area contributed by atoms with Crippen LogP contribution in [0.2, 0.25) is 0 Å². The maximum atomic E-state index is 14.0. The molecule has 1 N–H and O–H groups in total. The molecule has 2 aromatic carbocycles. The van der Waals surface area contributed by atoms with Gasteiger partial charge in [0, 0.05) is 6.07 Å². The van der Waals surface area contributed by atoms with Gasteiger partial charge < -0.3 is 9.72 Å². The Morgan fingerprint density at radius 2 is 2.05 bits per heavy atom. The van der Waals surface area contributed by atoms with Gasteiger partial charge in [0.2, 0.25) is 0 Å². The average molecular weight is 256 g/mol. The van der Waals surface area contributed by atoms with Crippen LogP contribution in [0.25, 0.3) is 22.4 Å². The third-order valence-corrected chi connectivity index (χ3v) is 2.90. The standard InChI is InChI=1S/C15H13FN2O/c1-2-19-10-7-8-11(12(16)9-10)15-17-13-5-3-4-6-14(13)18-15/h3-9H,2H2,1H3,(H,17,18). The zero-order chi connectivity index (χ0) is 13.2. The Hall–Kier alpha value is -2.36. The van der Waals surface area contributed by atoms with Crippen molar-refractivity contribution in [2.45, 2.75) is 6.92 Å². The molecule has 3 nitrogen and oxygen atoms in total. The van der Waals surface area contributed by atoms with Crippen LogP contribution < -0.4 is 4.74 Å². The molecule has 0 saturated heterocycles. The summed E-state index contributed by atoms with van der Waals surface area (Å²) in [5, 5.41) is 0. The van der Waals surface area contributed by atoms with Crippen LogP contribution in [0.15, 0.2) is 42.5 Å². The van der Waals surface area contributed by atoms with Crippen LogP contribution in [0.5, 0.6) is 5.75 Å². The van der Waals surface area contributed by atoms with Gasteiger partial charge in [-0.1, -0.05) is 12.1 Å². The van der Waals surface area contributed by atoms with E-state index in [-0.39, 0.29) is 5.82 Å². The van der Waals surface area contributed by atoms with E-state index >= 15 is 0 Å². The summed E-state index contributed by atoms with van der Waals surface area (Å²) in [6, 6.07) is 12.4. The molecule has 0 aliphatic heterocycles. The first kappa shape index (κ1) is 11.7. The molecular weight excluding hydrogens is 243 g/mol. The molecule has 3 rings (SSSR count). The summed E-state index contributed by atoms with van der Waals surface area (Å²) in [5.74, 6) is 0.714. The van der Waals surface area contributed by atoms with Crippen LogP contribution in [0.1, 0.15) is 6.92 Å². The summed E-state index contributed by atoms with van der Waals surface area (Å²) in [6.45, 7) is 2.38. The van der Waals surface area contributed by atoms with Gasteiger partial charge in [-0.15, -0.1) is 0 Å². The SMILES string of the molecule is CCOc1ccc(-c2nc3ccccc3[nH]2)c(F)c1. The molecule has 0 unspecified atom stereocenters. The van der Waals surface area contributed by atoms with Gasteiger partial charge in [-0.05, 0) is 31.2 Å². The molecule has 0 atom stereocenters. The average Bonchev–Trinajstić information content (AvgIpc) is 2.82. The molecule has 0 spiro atoms. The van der Waals surface area contributed by atoms with Crippen LogP contribution >= 0.6 is 0 Å². The number of benzene rings is 2. The van der Waals surface area contributed by atoms with Crippen LogP contribution in [-0.4, -0.2) is 16.6 Å². The van der Waals surface area contributed by atoms with Crippen molar-refractivity contribution in [3.05, 3.63) is 48.3 Å². The van der Waals surface area contributed by atoms with Crippen LogP contribution in [0, 0.1) is 5.82 Å². The predicted octanol–water partition coefficient (Wildman–Crippen LogP) is 3.77. The minimum Gasteiger partial charge on any atom is -0.494 e. The first-order valence-electron chi connectivity index (χ1n) is 6.15. The van der Waals surface area contributed by atoms with E-state index in [0.29, 0.717) is 23.7 Å². The summed E-state index contributed by atoms with van der Waals surface area (Å²) in [4.78, 5) is 7.50. The molecule has 0 radical (unpaired) electrons. The van der Waals surface area contributed by atoms with E-state index in [1.165, 1.54) is 6.07 Å². The zero-order valence-electron chi connectivity index (χ0n) is 10.5. The van der Waals surface area contributed by atoms with Gasteiger partial charge in [0.05, 0.1) is 23.2 Å². The second-order valence-electron chi connectivity index (χ2n) is 4.18. The van der Waals surface area contributed by atoms with E-state index in [1.807, 2.05) is 31.2 Å². The monoisotopic (exact) mass is 256 g/mol. The predicted molar refractivity (Wildman–Crippen MR) is 72.7 cm³/mol. The van der Waals surface area contributed by atoms with E-state index in [2.05, 4.69) is 9.97 Å². The smallest absolute Gasteiger partial charge is 0.141 e. The molecule has 0 aliphatic carbocycles. The molecule has 0 amide bonds. The molecule has 3 aromatic rings. The van der Waals surface area contributed by atoms with Crippen molar-refractivity contribution in [3.63, 3.8) is 0 Å². The maximum absolute atomic E-state index is 14.0. The summed E-state index contributed by atoms with van der Waals surface area (Å²) in [6.07, 6.45) is 0. The minimum absolute atomic E-state index is 0.343. The fourth-order valence-corrected chi connectivity index (χ4v) is 2.02. The van der Waals surface area contributed by atoms with Gasteiger partial charge in [-0.3, -0.25) is 0 Å². The van der Waals surface area contributed by atoms with E-state index in [4.69, 9.17) is 4.74 Å². The number of hydrogen-bond acceptors (Lipinski definition) is 2. The summed E-state index contributed by atoms with van der Waals surface area (Å²) < 4.78 is 19.3. The number of fused-ring (bicyclic) bond motifs is 1. The topological polar surface area (TPSA) is 37.9 Å². The summed E-state index contributed by atoms with van der Waals surface area (Å²) >= 11 is 0. The highest BCUT2D eigenvalue weighted by molar-refractivity contribution is 5.79. The lowest BCUT2D eigenvalue weighted by Crippen LogP contribution is -1.93. The number of H-pyrrole nitrogens is 1. The maximum Gasteiger partial charge on any atom is 0.141 e. The van der Waals surface area contributed by atoms with Gasteiger partial charge in [-0.2, -0.15) is 0 Å². The van der Waals surface area contributed by atoms with E-state index in [0.717, 1.165) is 11.0 Å². The molecule has 4 heteroatoms. The number of hydrogen-bond donors (Lipinski definition) is 1. The highest BCUT2D eigenvalue weighted by Gasteiger charge is 2.10. The third-order valence-electron chi connectivity index (χ3n) is 2.90. The lowest BCUT2D eigenvalue weighted by atomic mass is 10.2. The normalized spacial score (nSPS) is 10.8. The Kier molecular flexibility index (Phi) is 2.91. The number of imidazole rings is 1. The molecule has 1 aromatic heterocycles. The Balaban J connectivity index is 2.05. The Morgan fingerprint density at radius 1 is 1.21 bits per heavy atom. The summed E-state index contributed by atoms with van der Waals surface area (Å²) in [5.41, 5.74) is 2.16. The van der Waals surface area contributed by atoms with Crippen LogP contribution in [0.4, 0.5) is 4.39 Å². The Bertz CT molecular complexity index is 688. The van der Waals surface area contributed by atoms with Crippen molar-refractivity contribution in [2.75, 3.05) is 6.61 Å². The molecular formula is C15H13FN2O. The molecule has 19 heavy (non-hydrogen) atoms. The quantitative estimate of drug-likeness (QED) is 0.774. The number of rotatable bonds is 3. The fourth-order valence-electron chi connectivity index (χ4n) is 2.02. The Morgan fingerprint density at radius 3 is 2.79 bits per heavy atom. The summed E-state index contributed by atoms with van der Waals surface area (Å²) in [7, 11) is 0. The highest BCUT2D eigenvalue weighted by atomic mass is 19.1. The molecule has 0 aliphatic rings. The largest absolute Gasteiger partial charge is 0.494 e. The zero-order valence-corrected chi connectivity index (χ0v) is 10.5. The van der Waals surface area contributed by atoms with Gasteiger partial charge in [0.15, 0.2) is 0 Å². The number of nitrogens with zero attached hydrogens (tertiary/aromatic N) is 1.